The van der Waals surface area contributed by atoms with Crippen LogP contribution in [0.3, 0.4) is 0 Å². The van der Waals surface area contributed by atoms with Crippen LogP contribution in [-0.4, -0.2) is 25.6 Å². The number of nitrogens with one attached hydrogen (secondary N) is 1. The van der Waals surface area contributed by atoms with Gasteiger partial charge in [-0.15, -0.1) is 0 Å². The number of para-hydroxylation sites is 2. The normalized spacial score (nSPS) is 14.0. The van der Waals surface area contributed by atoms with Gasteiger partial charge in [-0.25, -0.2) is 4.39 Å². The molecule has 1 aliphatic heterocycles. The third-order valence-corrected chi connectivity index (χ3v) is 4.32. The molecule has 0 atom stereocenters. The van der Waals surface area contributed by atoms with Crippen molar-refractivity contribution in [2.75, 3.05) is 29.9 Å². The van der Waals surface area contributed by atoms with Gasteiger partial charge in [-0.05, 0) is 44.0 Å². The van der Waals surface area contributed by atoms with Crippen molar-refractivity contribution in [3.8, 4) is 5.75 Å². The second-order valence-corrected chi connectivity index (χ2v) is 6.12. The highest BCUT2D eigenvalue weighted by Crippen LogP contribution is 2.31. The van der Waals surface area contributed by atoms with Gasteiger partial charge in [-0.2, -0.15) is 0 Å². The summed E-state index contributed by atoms with van der Waals surface area (Å²) in [6.07, 6.45) is 5.24. The highest BCUT2D eigenvalue weighted by Gasteiger charge is 2.19. The van der Waals surface area contributed by atoms with E-state index < -0.39 is 5.82 Å². The third-order valence-electron chi connectivity index (χ3n) is 4.32. The van der Waals surface area contributed by atoms with Gasteiger partial charge < -0.3 is 15.0 Å². The molecule has 2 aromatic rings. The number of benzene rings is 2. The molecule has 2 aromatic carbocycles. The molecule has 26 heavy (non-hydrogen) atoms. The van der Waals surface area contributed by atoms with E-state index in [0.717, 1.165) is 37.2 Å². The molecule has 0 saturated carbocycles. The molecule has 1 aliphatic rings. The average Bonchev–Trinajstić information content (AvgIpc) is 3.17. The van der Waals surface area contributed by atoms with Crippen LogP contribution < -0.4 is 15.0 Å². The Bertz CT molecular complexity index is 798. The van der Waals surface area contributed by atoms with E-state index in [2.05, 4.69) is 10.2 Å². The molecule has 0 unspecified atom stereocenters. The van der Waals surface area contributed by atoms with Gasteiger partial charge in [-0.1, -0.05) is 24.3 Å². The topological polar surface area (TPSA) is 41.6 Å². The minimum atomic E-state index is -0.425. The van der Waals surface area contributed by atoms with Crippen molar-refractivity contribution in [2.45, 2.75) is 19.8 Å². The van der Waals surface area contributed by atoms with Crippen molar-refractivity contribution < 1.29 is 13.9 Å². The summed E-state index contributed by atoms with van der Waals surface area (Å²) in [4.78, 5) is 14.5. The zero-order chi connectivity index (χ0) is 18.4. The average molecular weight is 354 g/mol. The Kier molecular flexibility index (Phi) is 5.89. The van der Waals surface area contributed by atoms with E-state index in [9.17, 15) is 9.18 Å². The molecular formula is C21H23FN2O2. The fourth-order valence-electron chi connectivity index (χ4n) is 3.09. The molecule has 136 valence electrons. The quantitative estimate of drug-likeness (QED) is 0.778. The van der Waals surface area contributed by atoms with Gasteiger partial charge in [0, 0.05) is 24.7 Å². The summed E-state index contributed by atoms with van der Waals surface area (Å²) in [5.41, 5.74) is 1.78. The minimum absolute atomic E-state index is 0.238. The third kappa shape index (κ3) is 4.23. The fraction of sp³-hybridized carbons (Fsp3) is 0.286. The number of carbonyl (C=O) groups is 1. The molecule has 0 aliphatic carbocycles. The smallest absolute Gasteiger partial charge is 0.248 e. The van der Waals surface area contributed by atoms with E-state index in [0.29, 0.717) is 12.4 Å². The Hall–Kier alpha value is -2.82. The van der Waals surface area contributed by atoms with Crippen molar-refractivity contribution >= 4 is 23.4 Å². The van der Waals surface area contributed by atoms with Gasteiger partial charge in [-0.3, -0.25) is 4.79 Å². The standard InChI is InChI=1S/C21H23FN2O2/c1-2-26-19-11-4-3-8-16(19)12-13-20(25)23-21-17(22)9-7-10-18(21)24-14-5-6-15-24/h3-4,7-13H,2,5-6,14-15H2,1H3,(H,23,25)/b13-12+. The largest absolute Gasteiger partial charge is 0.493 e. The van der Waals surface area contributed by atoms with Gasteiger partial charge in [0.25, 0.3) is 0 Å². The number of amides is 1. The number of rotatable bonds is 6. The van der Waals surface area contributed by atoms with Crippen LogP contribution >= 0.6 is 0 Å². The maximum atomic E-state index is 14.3. The maximum absolute atomic E-state index is 14.3. The van der Waals surface area contributed by atoms with E-state index in [1.165, 1.54) is 12.1 Å². The van der Waals surface area contributed by atoms with Gasteiger partial charge in [0.05, 0.1) is 12.3 Å². The molecule has 3 rings (SSSR count). The molecule has 0 bridgehead atoms. The van der Waals surface area contributed by atoms with E-state index in [1.807, 2.05) is 37.3 Å². The summed E-state index contributed by atoms with van der Waals surface area (Å²) < 4.78 is 19.8. The zero-order valence-corrected chi connectivity index (χ0v) is 14.9. The first-order valence-electron chi connectivity index (χ1n) is 8.93. The van der Waals surface area contributed by atoms with Crippen LogP contribution in [-0.2, 0) is 4.79 Å². The predicted octanol–water partition coefficient (Wildman–Crippen LogP) is 4.48. The number of nitrogens with zero attached hydrogens (tertiary/aromatic N) is 1. The molecule has 5 heteroatoms. The minimum Gasteiger partial charge on any atom is -0.493 e. The highest BCUT2D eigenvalue weighted by molar-refractivity contribution is 6.04. The second kappa shape index (κ2) is 8.52. The van der Waals surface area contributed by atoms with Crippen LogP contribution in [0.4, 0.5) is 15.8 Å². The van der Waals surface area contributed by atoms with Crippen molar-refractivity contribution in [1.29, 1.82) is 0 Å². The first-order valence-corrected chi connectivity index (χ1v) is 8.93. The number of hydrogen-bond acceptors (Lipinski definition) is 3. The van der Waals surface area contributed by atoms with Gasteiger partial charge in [0.2, 0.25) is 5.91 Å². The molecule has 0 aromatic heterocycles. The summed E-state index contributed by atoms with van der Waals surface area (Å²) in [5.74, 6) is -0.0876. The molecule has 1 saturated heterocycles. The summed E-state index contributed by atoms with van der Waals surface area (Å²) >= 11 is 0. The first-order chi connectivity index (χ1) is 12.7. The number of hydrogen-bond donors (Lipinski definition) is 1. The Balaban J connectivity index is 1.76. The Morgan fingerprint density at radius 2 is 1.96 bits per heavy atom. The van der Waals surface area contributed by atoms with Crippen molar-refractivity contribution in [3.63, 3.8) is 0 Å². The predicted molar refractivity (Wildman–Crippen MR) is 103 cm³/mol. The molecule has 0 radical (unpaired) electrons. The lowest BCUT2D eigenvalue weighted by Gasteiger charge is -2.21. The van der Waals surface area contributed by atoms with Crippen molar-refractivity contribution in [2.24, 2.45) is 0 Å². The summed E-state index contributed by atoms with van der Waals surface area (Å²) in [6.45, 7) is 4.21. The lowest BCUT2D eigenvalue weighted by molar-refractivity contribution is -0.111. The highest BCUT2D eigenvalue weighted by atomic mass is 19.1. The second-order valence-electron chi connectivity index (χ2n) is 6.12. The Labute approximate surface area is 153 Å². The van der Waals surface area contributed by atoms with Crippen LogP contribution in [0.25, 0.3) is 6.08 Å². The van der Waals surface area contributed by atoms with Gasteiger partial charge >= 0.3 is 0 Å². The summed E-state index contributed by atoms with van der Waals surface area (Å²) in [5, 5.41) is 2.69. The molecule has 4 nitrogen and oxygen atoms in total. The molecule has 0 spiro atoms. The van der Waals surface area contributed by atoms with Crippen LogP contribution in [0.5, 0.6) is 5.75 Å². The van der Waals surface area contributed by atoms with Crippen molar-refractivity contribution in [3.05, 3.63) is 59.9 Å². The van der Waals surface area contributed by atoms with Gasteiger partial charge in [0.15, 0.2) is 0 Å². The van der Waals surface area contributed by atoms with Gasteiger partial charge in [0.1, 0.15) is 17.3 Å². The van der Waals surface area contributed by atoms with E-state index in [4.69, 9.17) is 4.74 Å². The Morgan fingerprint density at radius 3 is 2.73 bits per heavy atom. The lowest BCUT2D eigenvalue weighted by Crippen LogP contribution is -2.21. The monoisotopic (exact) mass is 354 g/mol. The summed E-state index contributed by atoms with van der Waals surface area (Å²) in [6, 6.07) is 12.4. The number of ether oxygens (including phenoxy) is 1. The molecule has 1 fully saturated rings. The zero-order valence-electron chi connectivity index (χ0n) is 14.9. The maximum Gasteiger partial charge on any atom is 0.248 e. The first kappa shape index (κ1) is 18.0. The van der Waals surface area contributed by atoms with Crippen LogP contribution in [0.1, 0.15) is 25.3 Å². The fourth-order valence-corrected chi connectivity index (χ4v) is 3.09. The van der Waals surface area contributed by atoms with Crippen LogP contribution in [0.2, 0.25) is 0 Å². The SMILES string of the molecule is CCOc1ccccc1/C=C/C(=O)Nc1c(F)cccc1N1CCCC1. The number of carbonyl (C=O) groups excluding carboxylic acids is 1. The van der Waals surface area contributed by atoms with Crippen LogP contribution in [0, 0.1) is 5.82 Å². The molecule has 1 N–H and O–H groups in total. The Morgan fingerprint density at radius 1 is 1.19 bits per heavy atom. The number of anilines is 2. The molecule has 1 heterocycles. The lowest BCUT2D eigenvalue weighted by atomic mass is 10.2. The van der Waals surface area contributed by atoms with E-state index >= 15 is 0 Å². The van der Waals surface area contributed by atoms with E-state index in [1.54, 1.807) is 12.1 Å². The number of halogens is 1. The van der Waals surface area contributed by atoms with E-state index in [-0.39, 0.29) is 11.6 Å². The summed E-state index contributed by atoms with van der Waals surface area (Å²) in [7, 11) is 0. The molecular weight excluding hydrogens is 331 g/mol. The van der Waals surface area contributed by atoms with Crippen molar-refractivity contribution in [1.82, 2.24) is 0 Å². The molecule has 1 amide bonds. The van der Waals surface area contributed by atoms with Crippen LogP contribution in [0.15, 0.2) is 48.5 Å².